The summed E-state index contributed by atoms with van der Waals surface area (Å²) in [6.45, 7) is 4.04. The van der Waals surface area contributed by atoms with E-state index < -0.39 is 0 Å². The summed E-state index contributed by atoms with van der Waals surface area (Å²) in [5.41, 5.74) is 3.22. The molecule has 2 fully saturated rings. The fourth-order valence-electron chi connectivity index (χ4n) is 3.59. The molecule has 4 nitrogen and oxygen atoms in total. The number of thioether (sulfide) groups is 1. The molecule has 4 rings (SSSR count). The average Bonchev–Trinajstić information content (AvgIpc) is 3.21. The molecule has 2 heterocycles. The normalized spacial score (nSPS) is 21.6. The van der Waals surface area contributed by atoms with E-state index >= 15 is 0 Å². The molecule has 0 N–H and O–H groups in total. The highest BCUT2D eigenvalue weighted by molar-refractivity contribution is 8.18. The molecule has 1 saturated carbocycles. The topological polar surface area (TPSA) is 45.6 Å². The second-order valence-corrected chi connectivity index (χ2v) is 8.95. The molecule has 2 aromatic rings. The highest BCUT2D eigenvalue weighted by atomic mass is 32.2. The maximum Gasteiger partial charge on any atom is 0.267 e. The van der Waals surface area contributed by atoms with Crippen molar-refractivity contribution in [3.8, 4) is 0 Å². The summed E-state index contributed by atoms with van der Waals surface area (Å²) in [5.74, 6) is 0.0854. The summed E-state index contributed by atoms with van der Waals surface area (Å²) < 4.78 is 0. The number of rotatable bonds is 3. The molecule has 1 aromatic carbocycles. The molecule has 27 heavy (non-hydrogen) atoms. The lowest BCUT2D eigenvalue weighted by molar-refractivity contribution is -0.124. The highest BCUT2D eigenvalue weighted by Gasteiger charge is 2.38. The fourth-order valence-corrected chi connectivity index (χ4v) is 5.34. The van der Waals surface area contributed by atoms with Crippen LogP contribution in [0.25, 0.3) is 6.08 Å². The predicted molar refractivity (Wildman–Crippen MR) is 114 cm³/mol. The first kappa shape index (κ1) is 18.4. The zero-order chi connectivity index (χ0) is 18.8. The lowest BCUT2D eigenvalue weighted by atomic mass is 9.94. The number of nitrogens with zero attached hydrogens (tertiary/aromatic N) is 3. The van der Waals surface area contributed by atoms with E-state index in [-0.39, 0.29) is 11.9 Å². The number of aromatic nitrogens is 1. The van der Waals surface area contributed by atoms with Crippen molar-refractivity contribution in [1.82, 2.24) is 9.88 Å². The van der Waals surface area contributed by atoms with Gasteiger partial charge in [-0.2, -0.15) is 4.99 Å². The van der Waals surface area contributed by atoms with Crippen LogP contribution >= 0.6 is 23.1 Å². The molecule has 0 radical (unpaired) electrons. The van der Waals surface area contributed by atoms with Gasteiger partial charge in [-0.15, -0.1) is 11.3 Å². The van der Waals surface area contributed by atoms with Crippen LogP contribution in [0.15, 0.2) is 39.5 Å². The molecule has 140 valence electrons. The van der Waals surface area contributed by atoms with Crippen molar-refractivity contribution in [2.45, 2.75) is 52.0 Å². The van der Waals surface area contributed by atoms with Gasteiger partial charge in [0.15, 0.2) is 5.17 Å². The van der Waals surface area contributed by atoms with E-state index in [1.807, 2.05) is 35.4 Å². The Hall–Kier alpha value is -1.92. The lowest BCUT2D eigenvalue weighted by Crippen LogP contribution is -2.40. The van der Waals surface area contributed by atoms with E-state index in [2.05, 4.69) is 24.0 Å². The van der Waals surface area contributed by atoms with E-state index in [4.69, 9.17) is 4.99 Å². The quantitative estimate of drug-likeness (QED) is 0.624. The highest BCUT2D eigenvalue weighted by Crippen LogP contribution is 2.39. The van der Waals surface area contributed by atoms with Gasteiger partial charge in [-0.05, 0) is 55.7 Å². The van der Waals surface area contributed by atoms with Gasteiger partial charge in [0.2, 0.25) is 5.13 Å². The van der Waals surface area contributed by atoms with Gasteiger partial charge in [0.25, 0.3) is 5.91 Å². The van der Waals surface area contributed by atoms with Crippen LogP contribution in [-0.4, -0.2) is 27.0 Å². The molecule has 6 heteroatoms. The van der Waals surface area contributed by atoms with Crippen LogP contribution in [0.1, 0.15) is 48.9 Å². The number of aryl methyl sites for hydroxylation is 2. The molecule has 2 aliphatic rings. The minimum absolute atomic E-state index is 0.0854. The molecule has 1 aromatic heterocycles. The van der Waals surface area contributed by atoms with Crippen LogP contribution in [0.3, 0.4) is 0 Å². The number of amidine groups is 1. The number of benzene rings is 1. The fraction of sp³-hybridized carbons (Fsp3) is 0.381. The van der Waals surface area contributed by atoms with Crippen LogP contribution in [0.5, 0.6) is 0 Å². The smallest absolute Gasteiger partial charge is 0.267 e. The van der Waals surface area contributed by atoms with Crippen LogP contribution in [-0.2, 0) is 4.79 Å². The molecule has 0 bridgehead atoms. The van der Waals surface area contributed by atoms with Gasteiger partial charge in [-0.25, -0.2) is 4.98 Å². The number of amides is 1. The summed E-state index contributed by atoms with van der Waals surface area (Å²) in [5, 5.41) is 3.50. The van der Waals surface area contributed by atoms with E-state index in [0.29, 0.717) is 0 Å². The minimum Gasteiger partial charge on any atom is -0.283 e. The van der Waals surface area contributed by atoms with E-state index in [1.54, 1.807) is 0 Å². The SMILES string of the molecule is Cc1csc(/N=C2/S/C(=C\c3ccccc3C)C(=O)N2C2CCCCC2)n1. The molecule has 0 atom stereocenters. The number of hydrogen-bond donors (Lipinski definition) is 0. The van der Waals surface area contributed by atoms with Gasteiger partial charge in [-0.3, -0.25) is 9.69 Å². The van der Waals surface area contributed by atoms with Gasteiger partial charge in [0.05, 0.1) is 10.6 Å². The van der Waals surface area contributed by atoms with Crippen molar-refractivity contribution in [3.63, 3.8) is 0 Å². The van der Waals surface area contributed by atoms with Crippen LogP contribution in [0.4, 0.5) is 5.13 Å². The van der Waals surface area contributed by atoms with Crippen molar-refractivity contribution >= 4 is 45.4 Å². The summed E-state index contributed by atoms with van der Waals surface area (Å²) in [4.78, 5) is 25.2. The largest absolute Gasteiger partial charge is 0.283 e. The van der Waals surface area contributed by atoms with Crippen LogP contribution < -0.4 is 0 Å². The monoisotopic (exact) mass is 397 g/mol. The Morgan fingerprint density at radius 3 is 2.67 bits per heavy atom. The Bertz CT molecular complexity index is 910. The first-order valence-electron chi connectivity index (χ1n) is 9.41. The third-order valence-electron chi connectivity index (χ3n) is 5.05. The Morgan fingerprint density at radius 2 is 1.96 bits per heavy atom. The second-order valence-electron chi connectivity index (χ2n) is 7.10. The summed E-state index contributed by atoms with van der Waals surface area (Å²) in [6.07, 6.45) is 7.74. The molecule has 1 amide bonds. The second kappa shape index (κ2) is 7.98. The Kier molecular flexibility index (Phi) is 5.45. The maximum atomic E-state index is 13.3. The van der Waals surface area contributed by atoms with Gasteiger partial charge >= 0.3 is 0 Å². The Labute approximate surface area is 168 Å². The molecule has 1 aliphatic carbocycles. The zero-order valence-corrected chi connectivity index (χ0v) is 17.3. The van der Waals surface area contributed by atoms with Gasteiger partial charge in [0.1, 0.15) is 0 Å². The molecule has 1 aliphatic heterocycles. The van der Waals surface area contributed by atoms with Crippen molar-refractivity contribution in [1.29, 1.82) is 0 Å². The molecule has 0 unspecified atom stereocenters. The minimum atomic E-state index is 0.0854. The summed E-state index contributed by atoms with van der Waals surface area (Å²) in [7, 11) is 0. The van der Waals surface area contributed by atoms with Gasteiger partial charge < -0.3 is 0 Å². The Morgan fingerprint density at radius 1 is 1.19 bits per heavy atom. The maximum absolute atomic E-state index is 13.3. The number of aliphatic imine (C=N–C) groups is 1. The van der Waals surface area contributed by atoms with Gasteiger partial charge in [-0.1, -0.05) is 43.5 Å². The van der Waals surface area contributed by atoms with E-state index in [0.717, 1.165) is 39.3 Å². The van der Waals surface area contributed by atoms with E-state index in [9.17, 15) is 4.79 Å². The van der Waals surface area contributed by atoms with Crippen molar-refractivity contribution in [2.75, 3.05) is 0 Å². The predicted octanol–water partition coefficient (Wildman–Crippen LogP) is 5.70. The molecule has 1 saturated heterocycles. The third-order valence-corrected chi connectivity index (χ3v) is 6.89. The summed E-state index contributed by atoms with van der Waals surface area (Å²) >= 11 is 3.01. The number of hydrogen-bond acceptors (Lipinski definition) is 5. The van der Waals surface area contributed by atoms with E-state index in [1.165, 1.54) is 47.9 Å². The molecular weight excluding hydrogens is 374 g/mol. The molecule has 0 spiro atoms. The zero-order valence-electron chi connectivity index (χ0n) is 15.6. The van der Waals surface area contributed by atoms with Crippen LogP contribution in [0.2, 0.25) is 0 Å². The van der Waals surface area contributed by atoms with Crippen molar-refractivity contribution < 1.29 is 4.79 Å². The van der Waals surface area contributed by atoms with Crippen molar-refractivity contribution in [3.05, 3.63) is 51.4 Å². The third kappa shape index (κ3) is 4.01. The number of carbonyl (C=O) groups is 1. The first-order valence-corrected chi connectivity index (χ1v) is 11.1. The van der Waals surface area contributed by atoms with Crippen LogP contribution in [0, 0.1) is 13.8 Å². The van der Waals surface area contributed by atoms with Crippen molar-refractivity contribution in [2.24, 2.45) is 4.99 Å². The number of carbonyl (C=O) groups excluding carboxylic acids is 1. The average molecular weight is 398 g/mol. The first-order chi connectivity index (χ1) is 13.1. The standard InChI is InChI=1S/C21H23N3OS2/c1-14-8-6-7-9-16(14)12-18-19(25)24(17-10-4-3-5-11-17)21(27-18)23-20-22-15(2)13-26-20/h6-9,12-13,17H,3-5,10-11H2,1-2H3/b18-12-,23-21+. The van der Waals surface area contributed by atoms with Gasteiger partial charge in [0, 0.05) is 11.4 Å². The number of thiazole rings is 1. The lowest BCUT2D eigenvalue weighted by Gasteiger charge is -2.30. The summed E-state index contributed by atoms with van der Waals surface area (Å²) in [6, 6.07) is 8.41. The molecular formula is C21H23N3OS2. The Balaban J connectivity index is 1.71.